The van der Waals surface area contributed by atoms with E-state index in [1.807, 2.05) is 5.01 Å². The predicted molar refractivity (Wildman–Crippen MR) is 89.2 cm³/mol. The molecular weight excluding hydrogens is 290 g/mol. The van der Waals surface area contributed by atoms with Crippen LogP contribution in [0, 0.1) is 13.8 Å². The van der Waals surface area contributed by atoms with E-state index in [1.54, 1.807) is 17.2 Å². The van der Waals surface area contributed by atoms with E-state index in [-0.39, 0.29) is 5.91 Å². The standard InChI is InChI=1S/C17H21N5O/c1-13-9-14(2)11-15(10-13)17-18-12-22(20-17)8-5-16(23)19-21-6-3-4-7-21/h5,8-12H,3-4,6-7H2,1-2H3,(H,19,23)/b8-5-. The highest BCUT2D eigenvalue weighted by atomic mass is 16.2. The summed E-state index contributed by atoms with van der Waals surface area (Å²) in [5, 5.41) is 6.33. The summed E-state index contributed by atoms with van der Waals surface area (Å²) in [5.41, 5.74) is 6.19. The molecule has 6 heteroatoms. The molecule has 0 bridgehead atoms. The number of carbonyl (C=O) groups excluding carboxylic acids is 1. The predicted octanol–water partition coefficient (Wildman–Crippen LogP) is 2.16. The van der Waals surface area contributed by atoms with Crippen molar-refractivity contribution in [2.75, 3.05) is 13.1 Å². The zero-order valence-electron chi connectivity index (χ0n) is 13.5. The van der Waals surface area contributed by atoms with Crippen LogP contribution in [-0.4, -0.2) is 38.8 Å². The Labute approximate surface area is 135 Å². The van der Waals surface area contributed by atoms with Gasteiger partial charge >= 0.3 is 0 Å². The molecule has 0 radical (unpaired) electrons. The summed E-state index contributed by atoms with van der Waals surface area (Å²) in [5.74, 6) is 0.511. The van der Waals surface area contributed by atoms with E-state index in [2.05, 4.69) is 47.6 Å². The quantitative estimate of drug-likeness (QED) is 0.879. The van der Waals surface area contributed by atoms with Gasteiger partial charge in [0.15, 0.2) is 5.82 Å². The van der Waals surface area contributed by atoms with Gasteiger partial charge in [-0.05, 0) is 38.8 Å². The highest BCUT2D eigenvalue weighted by Crippen LogP contribution is 2.18. The third-order valence-electron chi connectivity index (χ3n) is 3.74. The van der Waals surface area contributed by atoms with Crippen LogP contribution < -0.4 is 5.43 Å². The monoisotopic (exact) mass is 311 g/mol. The maximum atomic E-state index is 11.8. The Kier molecular flexibility index (Phi) is 4.52. The number of hydrogen-bond acceptors (Lipinski definition) is 4. The molecule has 1 aliphatic rings. The fourth-order valence-corrected chi connectivity index (χ4v) is 2.75. The van der Waals surface area contributed by atoms with Gasteiger partial charge in [0.1, 0.15) is 6.33 Å². The van der Waals surface area contributed by atoms with Gasteiger partial charge in [0, 0.05) is 30.9 Å². The van der Waals surface area contributed by atoms with Crippen LogP contribution >= 0.6 is 0 Å². The smallest absolute Gasteiger partial charge is 0.259 e. The summed E-state index contributed by atoms with van der Waals surface area (Å²) < 4.78 is 1.55. The lowest BCUT2D eigenvalue weighted by atomic mass is 10.1. The third-order valence-corrected chi connectivity index (χ3v) is 3.74. The van der Waals surface area contributed by atoms with Gasteiger partial charge in [-0.2, -0.15) is 0 Å². The molecule has 0 atom stereocenters. The minimum absolute atomic E-state index is 0.143. The van der Waals surface area contributed by atoms with Crippen LogP contribution in [-0.2, 0) is 4.79 Å². The number of aromatic nitrogens is 3. The van der Waals surface area contributed by atoms with E-state index < -0.39 is 0 Å². The van der Waals surface area contributed by atoms with Crippen molar-refractivity contribution in [2.24, 2.45) is 0 Å². The highest BCUT2D eigenvalue weighted by molar-refractivity contribution is 5.89. The van der Waals surface area contributed by atoms with Gasteiger partial charge < -0.3 is 0 Å². The minimum atomic E-state index is -0.143. The van der Waals surface area contributed by atoms with E-state index in [0.717, 1.165) is 31.5 Å². The molecule has 6 nitrogen and oxygen atoms in total. The van der Waals surface area contributed by atoms with Crippen LogP contribution in [0.1, 0.15) is 24.0 Å². The summed E-state index contributed by atoms with van der Waals surface area (Å²) in [7, 11) is 0. The molecule has 1 aromatic carbocycles. The van der Waals surface area contributed by atoms with Crippen LogP contribution in [0.3, 0.4) is 0 Å². The van der Waals surface area contributed by atoms with Crippen LogP contribution in [0.15, 0.2) is 30.6 Å². The average molecular weight is 311 g/mol. The van der Waals surface area contributed by atoms with Crippen molar-refractivity contribution in [3.8, 4) is 11.4 Å². The fourth-order valence-electron chi connectivity index (χ4n) is 2.75. The zero-order chi connectivity index (χ0) is 16.2. The summed E-state index contributed by atoms with van der Waals surface area (Å²) in [4.78, 5) is 16.1. The summed E-state index contributed by atoms with van der Waals surface area (Å²) in [6.45, 7) is 5.94. The molecule has 1 N–H and O–H groups in total. The molecule has 2 aromatic rings. The molecule has 3 rings (SSSR count). The van der Waals surface area contributed by atoms with Gasteiger partial charge in [-0.15, -0.1) is 5.10 Å². The Balaban J connectivity index is 1.66. The molecule has 0 aliphatic carbocycles. The van der Waals surface area contributed by atoms with Crippen molar-refractivity contribution in [2.45, 2.75) is 26.7 Å². The molecular formula is C17H21N5O. The van der Waals surface area contributed by atoms with E-state index in [4.69, 9.17) is 0 Å². The molecule has 1 amide bonds. The first-order valence-corrected chi connectivity index (χ1v) is 7.84. The topological polar surface area (TPSA) is 63.1 Å². The van der Waals surface area contributed by atoms with Crippen LogP contribution in [0.5, 0.6) is 0 Å². The first-order valence-electron chi connectivity index (χ1n) is 7.84. The Morgan fingerprint density at radius 1 is 1.17 bits per heavy atom. The molecule has 1 aromatic heterocycles. The summed E-state index contributed by atoms with van der Waals surface area (Å²) in [6.07, 6.45) is 6.95. The molecule has 1 fully saturated rings. The number of aryl methyl sites for hydroxylation is 2. The number of rotatable bonds is 4. The molecule has 1 aliphatic heterocycles. The molecule has 0 unspecified atom stereocenters. The van der Waals surface area contributed by atoms with Crippen LogP contribution in [0.4, 0.5) is 0 Å². The fraction of sp³-hybridized carbons (Fsp3) is 0.353. The van der Waals surface area contributed by atoms with Crippen molar-refractivity contribution in [1.82, 2.24) is 25.2 Å². The third kappa shape index (κ3) is 4.04. The lowest BCUT2D eigenvalue weighted by Crippen LogP contribution is -2.39. The number of hydrazine groups is 1. The largest absolute Gasteiger partial charge is 0.285 e. The Morgan fingerprint density at radius 2 is 1.87 bits per heavy atom. The number of carbonyl (C=O) groups is 1. The second-order valence-corrected chi connectivity index (χ2v) is 5.91. The second-order valence-electron chi connectivity index (χ2n) is 5.91. The normalized spacial score (nSPS) is 15.4. The minimum Gasteiger partial charge on any atom is -0.285 e. The van der Waals surface area contributed by atoms with Crippen molar-refractivity contribution < 1.29 is 4.79 Å². The van der Waals surface area contributed by atoms with Crippen LogP contribution in [0.25, 0.3) is 17.6 Å². The lowest BCUT2D eigenvalue weighted by Gasteiger charge is -2.14. The van der Waals surface area contributed by atoms with Gasteiger partial charge in [-0.25, -0.2) is 14.7 Å². The lowest BCUT2D eigenvalue weighted by molar-refractivity contribution is -0.120. The molecule has 120 valence electrons. The van der Waals surface area contributed by atoms with Crippen molar-refractivity contribution >= 4 is 12.1 Å². The van der Waals surface area contributed by atoms with E-state index in [9.17, 15) is 4.79 Å². The van der Waals surface area contributed by atoms with Crippen molar-refractivity contribution in [3.05, 3.63) is 41.7 Å². The molecule has 1 saturated heterocycles. The highest BCUT2D eigenvalue weighted by Gasteiger charge is 2.12. The molecule has 23 heavy (non-hydrogen) atoms. The van der Waals surface area contributed by atoms with Gasteiger partial charge in [0.05, 0.1) is 0 Å². The zero-order valence-corrected chi connectivity index (χ0v) is 13.5. The molecule has 0 saturated carbocycles. The van der Waals surface area contributed by atoms with Crippen LogP contribution in [0.2, 0.25) is 0 Å². The van der Waals surface area contributed by atoms with E-state index in [1.165, 1.54) is 17.2 Å². The number of nitrogens with one attached hydrogen (secondary N) is 1. The van der Waals surface area contributed by atoms with Crippen molar-refractivity contribution in [3.63, 3.8) is 0 Å². The first kappa shape index (κ1) is 15.4. The number of amides is 1. The average Bonchev–Trinajstić information content (AvgIpc) is 3.15. The van der Waals surface area contributed by atoms with Crippen molar-refractivity contribution in [1.29, 1.82) is 0 Å². The second kappa shape index (κ2) is 6.75. The maximum absolute atomic E-state index is 11.8. The Hall–Kier alpha value is -2.47. The molecule has 0 spiro atoms. The molecule has 2 heterocycles. The van der Waals surface area contributed by atoms with E-state index in [0.29, 0.717) is 5.82 Å². The van der Waals surface area contributed by atoms with Gasteiger partial charge in [0.25, 0.3) is 5.91 Å². The number of nitrogens with zero attached hydrogens (tertiary/aromatic N) is 4. The van der Waals surface area contributed by atoms with Gasteiger partial charge in [-0.1, -0.05) is 17.2 Å². The van der Waals surface area contributed by atoms with Gasteiger partial charge in [0.2, 0.25) is 0 Å². The van der Waals surface area contributed by atoms with E-state index >= 15 is 0 Å². The summed E-state index contributed by atoms with van der Waals surface area (Å²) >= 11 is 0. The Morgan fingerprint density at radius 3 is 2.57 bits per heavy atom. The SMILES string of the molecule is Cc1cc(C)cc(-c2ncn(/C=C\C(=O)NN3CCCC3)n2)c1. The number of hydrogen-bond donors (Lipinski definition) is 1. The van der Waals surface area contributed by atoms with Gasteiger partial charge in [-0.3, -0.25) is 10.2 Å². The first-order chi connectivity index (χ1) is 11.1. The Bertz CT molecular complexity index is 708. The maximum Gasteiger partial charge on any atom is 0.259 e. The number of benzene rings is 1. The summed E-state index contributed by atoms with van der Waals surface area (Å²) in [6, 6.07) is 6.22.